The zero-order chi connectivity index (χ0) is 13.9. The van der Waals surface area contributed by atoms with E-state index >= 15 is 0 Å². The van der Waals surface area contributed by atoms with Crippen LogP contribution in [0.25, 0.3) is 10.9 Å². The van der Waals surface area contributed by atoms with Crippen molar-refractivity contribution in [3.63, 3.8) is 0 Å². The van der Waals surface area contributed by atoms with Crippen molar-refractivity contribution >= 4 is 16.6 Å². The lowest BCUT2D eigenvalue weighted by Gasteiger charge is -2.34. The van der Waals surface area contributed by atoms with E-state index in [1.165, 1.54) is 11.1 Å². The number of nitrogens with two attached hydrogens (primary N) is 1. The monoisotopic (exact) mass is 271 g/mol. The Balaban J connectivity index is 2.07. The summed E-state index contributed by atoms with van der Waals surface area (Å²) in [5, 5.41) is 1.18. The van der Waals surface area contributed by atoms with Crippen molar-refractivity contribution in [2.75, 3.05) is 25.2 Å². The fourth-order valence-corrected chi connectivity index (χ4v) is 2.99. The Bertz CT molecular complexity index is 593. The van der Waals surface area contributed by atoms with Gasteiger partial charge >= 0.3 is 0 Å². The van der Waals surface area contributed by atoms with Gasteiger partial charge in [-0.25, -0.2) is 0 Å². The van der Waals surface area contributed by atoms with Gasteiger partial charge in [0.15, 0.2) is 0 Å². The van der Waals surface area contributed by atoms with Gasteiger partial charge in [-0.2, -0.15) is 0 Å². The van der Waals surface area contributed by atoms with Gasteiger partial charge in [-0.15, -0.1) is 0 Å². The predicted octanol–water partition coefficient (Wildman–Crippen LogP) is 2.31. The largest absolute Gasteiger partial charge is 0.381 e. The fourth-order valence-electron chi connectivity index (χ4n) is 2.99. The minimum Gasteiger partial charge on any atom is -0.381 e. The summed E-state index contributed by atoms with van der Waals surface area (Å²) in [7, 11) is 2.16. The van der Waals surface area contributed by atoms with Crippen molar-refractivity contribution in [1.29, 1.82) is 0 Å². The molecule has 1 aromatic carbocycles. The van der Waals surface area contributed by atoms with Gasteiger partial charge in [-0.05, 0) is 18.9 Å². The number of para-hydroxylation sites is 1. The second-order valence-corrected chi connectivity index (χ2v) is 5.31. The average molecular weight is 271 g/mol. The molecule has 0 unspecified atom stereocenters. The van der Waals surface area contributed by atoms with Crippen LogP contribution in [0.15, 0.2) is 30.5 Å². The first-order chi connectivity index (χ1) is 9.81. The first-order valence-electron chi connectivity index (χ1n) is 7.18. The van der Waals surface area contributed by atoms with Crippen molar-refractivity contribution in [3.05, 3.63) is 36.0 Å². The lowest BCUT2D eigenvalue weighted by molar-refractivity contribution is 0.0855. The van der Waals surface area contributed by atoms with E-state index in [0.29, 0.717) is 12.6 Å². The summed E-state index contributed by atoms with van der Waals surface area (Å²) in [5.41, 5.74) is 9.28. The van der Waals surface area contributed by atoms with Crippen LogP contribution in [-0.4, -0.2) is 31.3 Å². The number of rotatable bonds is 3. The smallest absolute Gasteiger partial charge is 0.0723 e. The molecule has 1 aliphatic heterocycles. The topological polar surface area (TPSA) is 51.4 Å². The van der Waals surface area contributed by atoms with Crippen LogP contribution >= 0.6 is 0 Å². The molecule has 2 heterocycles. The maximum absolute atomic E-state index is 5.92. The van der Waals surface area contributed by atoms with E-state index in [4.69, 9.17) is 10.5 Å². The number of aromatic nitrogens is 1. The minimum absolute atomic E-state index is 0.514. The molecule has 3 rings (SSSR count). The van der Waals surface area contributed by atoms with E-state index in [9.17, 15) is 0 Å². The second kappa shape index (κ2) is 5.77. The van der Waals surface area contributed by atoms with E-state index in [1.54, 1.807) is 0 Å². The Labute approximate surface area is 119 Å². The molecular formula is C16H21N3O. The predicted molar refractivity (Wildman–Crippen MR) is 81.9 cm³/mol. The summed E-state index contributed by atoms with van der Waals surface area (Å²) < 4.78 is 5.47. The van der Waals surface area contributed by atoms with Crippen LogP contribution in [0.3, 0.4) is 0 Å². The van der Waals surface area contributed by atoms with Gasteiger partial charge < -0.3 is 15.4 Å². The molecule has 0 aliphatic carbocycles. The standard InChI is InChI=1S/C16H21N3O/c1-19(13-6-8-20-9-7-13)16-12(10-17)11-18-15-5-3-2-4-14(15)16/h2-5,11,13H,6-10,17H2,1H3. The zero-order valence-electron chi connectivity index (χ0n) is 11.9. The Hall–Kier alpha value is -1.65. The van der Waals surface area contributed by atoms with Gasteiger partial charge in [-0.1, -0.05) is 18.2 Å². The van der Waals surface area contributed by atoms with Gasteiger partial charge in [0.25, 0.3) is 0 Å². The maximum atomic E-state index is 5.92. The summed E-state index contributed by atoms with van der Waals surface area (Å²) in [6.07, 6.45) is 4.04. The molecule has 0 radical (unpaired) electrons. The molecule has 2 N–H and O–H groups in total. The molecule has 4 heteroatoms. The first kappa shape index (κ1) is 13.3. The third-order valence-corrected chi connectivity index (χ3v) is 4.13. The second-order valence-electron chi connectivity index (χ2n) is 5.31. The highest BCUT2D eigenvalue weighted by molar-refractivity contribution is 5.93. The zero-order valence-corrected chi connectivity index (χ0v) is 11.9. The molecule has 1 saturated heterocycles. The van der Waals surface area contributed by atoms with E-state index in [2.05, 4.69) is 35.1 Å². The normalized spacial score (nSPS) is 16.5. The van der Waals surface area contributed by atoms with Gasteiger partial charge in [0.05, 0.1) is 11.2 Å². The molecule has 2 aromatic rings. The van der Waals surface area contributed by atoms with E-state index in [1.807, 2.05) is 12.3 Å². The van der Waals surface area contributed by atoms with Crippen LogP contribution < -0.4 is 10.6 Å². The Morgan fingerprint density at radius 2 is 2.05 bits per heavy atom. The number of hydrogen-bond acceptors (Lipinski definition) is 4. The number of ether oxygens (including phenoxy) is 1. The third-order valence-electron chi connectivity index (χ3n) is 4.13. The van der Waals surface area contributed by atoms with Gasteiger partial charge in [-0.3, -0.25) is 4.98 Å². The van der Waals surface area contributed by atoms with Crippen LogP contribution in [0.5, 0.6) is 0 Å². The average Bonchev–Trinajstić information content (AvgIpc) is 2.54. The third kappa shape index (κ3) is 2.37. The molecule has 0 saturated carbocycles. The molecule has 0 amide bonds. The van der Waals surface area contributed by atoms with Crippen LogP contribution in [0, 0.1) is 0 Å². The number of benzene rings is 1. The van der Waals surface area contributed by atoms with Gasteiger partial charge in [0.1, 0.15) is 0 Å². The summed E-state index contributed by atoms with van der Waals surface area (Å²) in [5.74, 6) is 0. The highest BCUT2D eigenvalue weighted by Crippen LogP contribution is 2.31. The summed E-state index contributed by atoms with van der Waals surface area (Å²) >= 11 is 0. The number of hydrogen-bond donors (Lipinski definition) is 1. The molecule has 106 valence electrons. The van der Waals surface area contributed by atoms with Crippen LogP contribution in [0.1, 0.15) is 18.4 Å². The minimum atomic E-state index is 0.514. The number of nitrogens with zero attached hydrogens (tertiary/aromatic N) is 2. The number of pyridine rings is 1. The van der Waals surface area contributed by atoms with Crippen molar-refractivity contribution in [3.8, 4) is 0 Å². The molecular weight excluding hydrogens is 250 g/mol. The van der Waals surface area contributed by atoms with Crippen LogP contribution in [-0.2, 0) is 11.3 Å². The van der Waals surface area contributed by atoms with E-state index in [-0.39, 0.29) is 0 Å². The molecule has 0 bridgehead atoms. The highest BCUT2D eigenvalue weighted by atomic mass is 16.5. The molecule has 1 fully saturated rings. The molecule has 20 heavy (non-hydrogen) atoms. The number of anilines is 1. The van der Waals surface area contributed by atoms with Gasteiger partial charge in [0.2, 0.25) is 0 Å². The van der Waals surface area contributed by atoms with Crippen molar-refractivity contribution in [2.24, 2.45) is 5.73 Å². The van der Waals surface area contributed by atoms with Crippen LogP contribution in [0.2, 0.25) is 0 Å². The molecule has 1 aromatic heterocycles. The first-order valence-corrected chi connectivity index (χ1v) is 7.18. The molecule has 0 atom stereocenters. The summed E-state index contributed by atoms with van der Waals surface area (Å²) in [6.45, 7) is 2.20. The van der Waals surface area contributed by atoms with Gasteiger partial charge in [0, 0.05) is 50.0 Å². The van der Waals surface area contributed by atoms with Crippen molar-refractivity contribution < 1.29 is 4.74 Å². The summed E-state index contributed by atoms with van der Waals surface area (Å²) in [4.78, 5) is 6.88. The van der Waals surface area contributed by atoms with Crippen LogP contribution in [0.4, 0.5) is 5.69 Å². The molecule has 0 spiro atoms. The van der Waals surface area contributed by atoms with E-state index < -0.39 is 0 Å². The molecule has 4 nitrogen and oxygen atoms in total. The van der Waals surface area contributed by atoms with Crippen molar-refractivity contribution in [2.45, 2.75) is 25.4 Å². The lowest BCUT2D eigenvalue weighted by Crippen LogP contribution is -2.37. The van der Waals surface area contributed by atoms with E-state index in [0.717, 1.165) is 37.1 Å². The Morgan fingerprint density at radius 3 is 2.80 bits per heavy atom. The van der Waals surface area contributed by atoms with Crippen molar-refractivity contribution in [1.82, 2.24) is 4.98 Å². The summed E-state index contributed by atoms with van der Waals surface area (Å²) in [6, 6.07) is 8.78. The maximum Gasteiger partial charge on any atom is 0.0723 e. The quantitative estimate of drug-likeness (QED) is 0.930. The number of fused-ring (bicyclic) bond motifs is 1. The Kier molecular flexibility index (Phi) is 3.85. The Morgan fingerprint density at radius 1 is 1.30 bits per heavy atom. The highest BCUT2D eigenvalue weighted by Gasteiger charge is 2.22. The lowest BCUT2D eigenvalue weighted by atomic mass is 10.0. The SMILES string of the molecule is CN(c1c(CN)cnc2ccccc12)C1CCOCC1. The fraction of sp³-hybridized carbons (Fsp3) is 0.438. The molecule has 1 aliphatic rings.